The van der Waals surface area contributed by atoms with Gasteiger partial charge in [-0.2, -0.15) is 0 Å². The lowest BCUT2D eigenvalue weighted by Gasteiger charge is -2.32. The standard InChI is InChI=1S/C27H46N2/c1-3-5-6-7-8-9-10-11-12-13-14-15-19-22-29-24-23-28(4-2)27(29)25-26-20-17-16-18-21-26/h16-18,20-21,23-24,27H,3-15,19,22,25H2,1-2H3. The Bertz CT molecular complexity index is 525. The molecule has 1 atom stereocenters. The maximum absolute atomic E-state index is 2.56. The molecule has 164 valence electrons. The van der Waals surface area contributed by atoms with Crippen molar-refractivity contribution in [1.29, 1.82) is 0 Å². The lowest BCUT2D eigenvalue weighted by atomic mass is 10.0. The van der Waals surface area contributed by atoms with Crippen LogP contribution in [0.5, 0.6) is 0 Å². The molecule has 1 aliphatic rings. The second kappa shape index (κ2) is 15.4. The normalized spacial score (nSPS) is 16.1. The average Bonchev–Trinajstić information content (AvgIpc) is 3.13. The van der Waals surface area contributed by atoms with E-state index >= 15 is 0 Å². The Morgan fingerprint density at radius 2 is 1.14 bits per heavy atom. The molecule has 0 aromatic heterocycles. The molecule has 1 aliphatic heterocycles. The molecule has 1 aromatic rings. The van der Waals surface area contributed by atoms with Gasteiger partial charge >= 0.3 is 0 Å². The van der Waals surface area contributed by atoms with Crippen LogP contribution in [0, 0.1) is 0 Å². The molecule has 0 fully saturated rings. The minimum Gasteiger partial charge on any atom is -0.356 e. The van der Waals surface area contributed by atoms with E-state index in [9.17, 15) is 0 Å². The third-order valence-corrected chi connectivity index (χ3v) is 6.36. The van der Waals surface area contributed by atoms with Crippen molar-refractivity contribution >= 4 is 0 Å². The van der Waals surface area contributed by atoms with Gasteiger partial charge in [0.1, 0.15) is 6.17 Å². The fourth-order valence-electron chi connectivity index (χ4n) is 4.47. The Kier molecular flexibility index (Phi) is 12.7. The molecular formula is C27H46N2. The third kappa shape index (κ3) is 9.74. The highest BCUT2D eigenvalue weighted by atomic mass is 15.4. The van der Waals surface area contributed by atoms with E-state index in [4.69, 9.17) is 0 Å². The van der Waals surface area contributed by atoms with E-state index in [2.05, 4.69) is 66.4 Å². The first kappa shape index (κ1) is 23.8. The minimum atomic E-state index is 0.500. The predicted octanol–water partition coefficient (Wildman–Crippen LogP) is 7.76. The van der Waals surface area contributed by atoms with Gasteiger partial charge in [-0.25, -0.2) is 0 Å². The van der Waals surface area contributed by atoms with Crippen molar-refractivity contribution in [2.75, 3.05) is 13.1 Å². The van der Waals surface area contributed by atoms with Crippen molar-refractivity contribution in [2.45, 2.75) is 110 Å². The molecular weight excluding hydrogens is 352 g/mol. The van der Waals surface area contributed by atoms with Gasteiger partial charge in [-0.1, -0.05) is 114 Å². The Morgan fingerprint density at radius 1 is 0.621 bits per heavy atom. The van der Waals surface area contributed by atoms with Crippen LogP contribution < -0.4 is 0 Å². The van der Waals surface area contributed by atoms with Gasteiger partial charge in [-0.3, -0.25) is 0 Å². The smallest absolute Gasteiger partial charge is 0.105 e. The quantitative estimate of drug-likeness (QED) is 0.247. The van der Waals surface area contributed by atoms with Crippen molar-refractivity contribution < 1.29 is 0 Å². The summed E-state index contributed by atoms with van der Waals surface area (Å²) in [4.78, 5) is 5.05. The molecule has 0 bridgehead atoms. The first-order valence-corrected chi connectivity index (χ1v) is 12.6. The van der Waals surface area contributed by atoms with Crippen molar-refractivity contribution in [1.82, 2.24) is 9.80 Å². The minimum absolute atomic E-state index is 0.500. The van der Waals surface area contributed by atoms with Crippen LogP contribution in [0.15, 0.2) is 42.7 Å². The Labute approximate surface area is 181 Å². The second-order valence-electron chi connectivity index (χ2n) is 8.78. The van der Waals surface area contributed by atoms with Gasteiger partial charge in [0.05, 0.1) is 0 Å². The zero-order valence-corrected chi connectivity index (χ0v) is 19.3. The Balaban J connectivity index is 1.50. The molecule has 0 amide bonds. The molecule has 0 N–H and O–H groups in total. The van der Waals surface area contributed by atoms with Crippen molar-refractivity contribution in [3.8, 4) is 0 Å². The van der Waals surface area contributed by atoms with E-state index in [1.54, 1.807) is 0 Å². The molecule has 0 radical (unpaired) electrons. The van der Waals surface area contributed by atoms with Crippen LogP contribution in [0.25, 0.3) is 0 Å². The van der Waals surface area contributed by atoms with E-state index < -0.39 is 0 Å². The summed E-state index contributed by atoms with van der Waals surface area (Å²) in [5.41, 5.74) is 1.44. The van der Waals surface area contributed by atoms with Gasteiger partial charge in [0.15, 0.2) is 0 Å². The molecule has 29 heavy (non-hydrogen) atoms. The average molecular weight is 399 g/mol. The summed E-state index contributed by atoms with van der Waals surface area (Å²) < 4.78 is 0. The first-order valence-electron chi connectivity index (χ1n) is 12.6. The van der Waals surface area contributed by atoms with E-state index in [0.717, 1.165) is 13.0 Å². The maximum atomic E-state index is 2.56. The Hall–Kier alpha value is -1.44. The molecule has 2 heteroatoms. The SMILES string of the molecule is CCCCCCCCCCCCCCCN1C=CN(CC)C1Cc1ccccc1. The largest absolute Gasteiger partial charge is 0.356 e. The Morgan fingerprint density at radius 3 is 1.69 bits per heavy atom. The lowest BCUT2D eigenvalue weighted by molar-refractivity contribution is 0.155. The van der Waals surface area contributed by atoms with E-state index in [1.165, 1.54) is 95.6 Å². The van der Waals surface area contributed by atoms with Gasteiger partial charge in [-0.05, 0) is 18.9 Å². The highest BCUT2D eigenvalue weighted by Crippen LogP contribution is 2.21. The molecule has 0 saturated carbocycles. The zero-order chi connectivity index (χ0) is 20.6. The highest BCUT2D eigenvalue weighted by molar-refractivity contribution is 5.17. The number of hydrogen-bond acceptors (Lipinski definition) is 2. The fraction of sp³-hybridized carbons (Fsp3) is 0.704. The van der Waals surface area contributed by atoms with Crippen molar-refractivity contribution in [3.63, 3.8) is 0 Å². The number of benzene rings is 1. The zero-order valence-electron chi connectivity index (χ0n) is 19.3. The summed E-state index contributed by atoms with van der Waals surface area (Å²) in [5, 5.41) is 0. The number of rotatable bonds is 17. The molecule has 0 spiro atoms. The number of unbranched alkanes of at least 4 members (excludes halogenated alkanes) is 12. The van der Waals surface area contributed by atoms with Crippen LogP contribution in [-0.4, -0.2) is 29.1 Å². The summed E-state index contributed by atoms with van der Waals surface area (Å²) in [6.45, 7) is 6.84. The van der Waals surface area contributed by atoms with Gasteiger partial charge in [0, 0.05) is 31.9 Å². The van der Waals surface area contributed by atoms with Gasteiger partial charge < -0.3 is 9.80 Å². The van der Waals surface area contributed by atoms with Crippen LogP contribution in [0.3, 0.4) is 0 Å². The molecule has 1 unspecified atom stereocenters. The molecule has 2 rings (SSSR count). The summed E-state index contributed by atoms with van der Waals surface area (Å²) in [7, 11) is 0. The van der Waals surface area contributed by atoms with Crippen LogP contribution in [0.4, 0.5) is 0 Å². The molecule has 0 saturated heterocycles. The highest BCUT2D eigenvalue weighted by Gasteiger charge is 2.24. The van der Waals surface area contributed by atoms with Crippen molar-refractivity contribution in [2.24, 2.45) is 0 Å². The monoisotopic (exact) mass is 398 g/mol. The number of hydrogen-bond donors (Lipinski definition) is 0. The van der Waals surface area contributed by atoms with Gasteiger partial charge in [-0.15, -0.1) is 0 Å². The fourth-order valence-corrected chi connectivity index (χ4v) is 4.47. The summed E-state index contributed by atoms with van der Waals surface area (Å²) >= 11 is 0. The van der Waals surface area contributed by atoms with Crippen LogP contribution in [0.2, 0.25) is 0 Å². The number of nitrogens with zero attached hydrogens (tertiary/aromatic N) is 2. The van der Waals surface area contributed by atoms with Crippen LogP contribution >= 0.6 is 0 Å². The third-order valence-electron chi connectivity index (χ3n) is 6.36. The molecule has 2 nitrogen and oxygen atoms in total. The van der Waals surface area contributed by atoms with Gasteiger partial charge in [0.25, 0.3) is 0 Å². The first-order chi connectivity index (χ1) is 14.3. The summed E-state index contributed by atoms with van der Waals surface area (Å²) in [6, 6.07) is 10.9. The predicted molar refractivity (Wildman–Crippen MR) is 128 cm³/mol. The van der Waals surface area contributed by atoms with E-state index in [-0.39, 0.29) is 0 Å². The molecule has 0 aliphatic carbocycles. The van der Waals surface area contributed by atoms with Crippen LogP contribution in [0.1, 0.15) is 103 Å². The second-order valence-corrected chi connectivity index (χ2v) is 8.78. The van der Waals surface area contributed by atoms with Crippen molar-refractivity contribution in [3.05, 3.63) is 48.3 Å². The van der Waals surface area contributed by atoms with Gasteiger partial charge in [0.2, 0.25) is 0 Å². The maximum Gasteiger partial charge on any atom is 0.105 e. The molecule has 1 aromatic carbocycles. The number of likely N-dealkylation sites (N-methyl/N-ethyl adjacent to an activating group) is 1. The molecule has 1 heterocycles. The van der Waals surface area contributed by atoms with Crippen LogP contribution in [-0.2, 0) is 6.42 Å². The topological polar surface area (TPSA) is 6.48 Å². The van der Waals surface area contributed by atoms with E-state index in [1.807, 2.05) is 0 Å². The lowest BCUT2D eigenvalue weighted by Crippen LogP contribution is -2.40. The van der Waals surface area contributed by atoms with E-state index in [0.29, 0.717) is 6.17 Å². The summed E-state index contributed by atoms with van der Waals surface area (Å²) in [5.74, 6) is 0. The summed E-state index contributed by atoms with van der Waals surface area (Å²) in [6.07, 6.45) is 24.7.